The zero-order valence-electron chi connectivity index (χ0n) is 10.9. The number of methoxy groups -OCH3 is 1. The van der Waals surface area contributed by atoms with E-state index in [0.717, 1.165) is 31.6 Å². The van der Waals surface area contributed by atoms with E-state index in [4.69, 9.17) is 14.2 Å². The highest BCUT2D eigenvalue weighted by molar-refractivity contribution is 5.47. The van der Waals surface area contributed by atoms with Crippen LogP contribution in [-0.2, 0) is 4.74 Å². The van der Waals surface area contributed by atoms with Crippen molar-refractivity contribution in [3.05, 3.63) is 23.8 Å². The smallest absolute Gasteiger partial charge is 0.166 e. The number of para-hydroxylation sites is 1. The topological polar surface area (TPSA) is 47.9 Å². The number of benzene rings is 1. The van der Waals surface area contributed by atoms with Gasteiger partial charge in [-0.05, 0) is 13.0 Å². The first kappa shape index (κ1) is 13.2. The molecule has 1 heterocycles. The van der Waals surface area contributed by atoms with Crippen LogP contribution in [0.2, 0.25) is 0 Å². The molecule has 1 saturated heterocycles. The third-order valence-electron chi connectivity index (χ3n) is 3.13. The Labute approximate surface area is 107 Å². The van der Waals surface area contributed by atoms with Gasteiger partial charge in [-0.15, -0.1) is 0 Å². The molecule has 1 aliphatic heterocycles. The van der Waals surface area contributed by atoms with E-state index in [1.807, 2.05) is 18.2 Å². The van der Waals surface area contributed by atoms with Gasteiger partial charge in [-0.25, -0.2) is 0 Å². The second kappa shape index (κ2) is 6.07. The number of ether oxygens (including phenoxy) is 3. The minimum absolute atomic E-state index is 0.164. The molecular formula is C14H20O4. The summed E-state index contributed by atoms with van der Waals surface area (Å²) in [5.74, 6) is 1.32. The standard InChI is InChI=1S/C14H20O4/c1-10(15)12-4-3-5-13(14(12)16-2)18-11-6-8-17-9-7-11/h3-5,10-11,15H,6-9H2,1-2H3. The van der Waals surface area contributed by atoms with Crippen LogP contribution in [0.3, 0.4) is 0 Å². The molecule has 1 aliphatic rings. The Morgan fingerprint density at radius 2 is 2.06 bits per heavy atom. The lowest BCUT2D eigenvalue weighted by Gasteiger charge is -2.25. The summed E-state index contributed by atoms with van der Waals surface area (Å²) in [7, 11) is 1.60. The van der Waals surface area contributed by atoms with Crippen molar-refractivity contribution >= 4 is 0 Å². The van der Waals surface area contributed by atoms with Crippen LogP contribution in [0.4, 0.5) is 0 Å². The van der Waals surface area contributed by atoms with Gasteiger partial charge in [0.05, 0.1) is 26.4 Å². The lowest BCUT2D eigenvalue weighted by Crippen LogP contribution is -2.26. The Kier molecular flexibility index (Phi) is 4.44. The van der Waals surface area contributed by atoms with E-state index >= 15 is 0 Å². The van der Waals surface area contributed by atoms with Gasteiger partial charge in [0.25, 0.3) is 0 Å². The molecule has 0 aliphatic carbocycles. The number of hydrogen-bond donors (Lipinski definition) is 1. The molecule has 0 amide bonds. The summed E-state index contributed by atoms with van der Waals surface area (Å²) in [6.07, 6.45) is 1.37. The first-order chi connectivity index (χ1) is 8.72. The Morgan fingerprint density at radius 3 is 2.67 bits per heavy atom. The fourth-order valence-corrected chi connectivity index (χ4v) is 2.15. The molecule has 100 valence electrons. The van der Waals surface area contributed by atoms with Crippen molar-refractivity contribution in [2.45, 2.75) is 32.0 Å². The maximum absolute atomic E-state index is 9.71. The molecule has 1 aromatic rings. The minimum atomic E-state index is -0.571. The van der Waals surface area contributed by atoms with Gasteiger partial charge in [-0.1, -0.05) is 12.1 Å². The summed E-state index contributed by atoms with van der Waals surface area (Å²) in [4.78, 5) is 0. The van der Waals surface area contributed by atoms with Crippen LogP contribution < -0.4 is 9.47 Å². The molecular weight excluding hydrogens is 232 g/mol. The molecule has 1 atom stereocenters. The lowest BCUT2D eigenvalue weighted by molar-refractivity contribution is 0.0243. The molecule has 2 rings (SSSR count). The van der Waals surface area contributed by atoms with Gasteiger partial charge in [0.1, 0.15) is 6.10 Å². The molecule has 18 heavy (non-hydrogen) atoms. The van der Waals surface area contributed by atoms with E-state index in [0.29, 0.717) is 11.5 Å². The zero-order chi connectivity index (χ0) is 13.0. The maximum Gasteiger partial charge on any atom is 0.166 e. The average Bonchev–Trinajstić information content (AvgIpc) is 2.39. The van der Waals surface area contributed by atoms with Crippen LogP contribution in [0.15, 0.2) is 18.2 Å². The van der Waals surface area contributed by atoms with Gasteiger partial charge < -0.3 is 19.3 Å². The molecule has 0 radical (unpaired) electrons. The normalized spacial score (nSPS) is 18.4. The first-order valence-corrected chi connectivity index (χ1v) is 6.31. The van der Waals surface area contributed by atoms with Gasteiger partial charge in [0, 0.05) is 18.4 Å². The van der Waals surface area contributed by atoms with Crippen molar-refractivity contribution in [2.24, 2.45) is 0 Å². The summed E-state index contributed by atoms with van der Waals surface area (Å²) in [5, 5.41) is 9.71. The van der Waals surface area contributed by atoms with Gasteiger partial charge in [0.2, 0.25) is 0 Å². The monoisotopic (exact) mass is 252 g/mol. The van der Waals surface area contributed by atoms with Crippen molar-refractivity contribution in [3.63, 3.8) is 0 Å². The lowest BCUT2D eigenvalue weighted by atomic mass is 10.1. The highest BCUT2D eigenvalue weighted by Crippen LogP contribution is 2.35. The Morgan fingerprint density at radius 1 is 1.33 bits per heavy atom. The first-order valence-electron chi connectivity index (χ1n) is 6.31. The summed E-state index contributed by atoms with van der Waals surface area (Å²) in [6, 6.07) is 5.60. The average molecular weight is 252 g/mol. The molecule has 0 bridgehead atoms. The Balaban J connectivity index is 2.18. The van der Waals surface area contributed by atoms with Crippen LogP contribution >= 0.6 is 0 Å². The van der Waals surface area contributed by atoms with Crippen molar-refractivity contribution in [2.75, 3.05) is 20.3 Å². The van der Waals surface area contributed by atoms with Gasteiger partial charge in [-0.3, -0.25) is 0 Å². The quantitative estimate of drug-likeness (QED) is 0.893. The largest absolute Gasteiger partial charge is 0.492 e. The number of hydrogen-bond acceptors (Lipinski definition) is 4. The number of rotatable bonds is 4. The van der Waals surface area contributed by atoms with E-state index in [2.05, 4.69) is 0 Å². The van der Waals surface area contributed by atoms with E-state index in [1.54, 1.807) is 14.0 Å². The molecule has 4 nitrogen and oxygen atoms in total. The van der Waals surface area contributed by atoms with Crippen LogP contribution in [0.1, 0.15) is 31.4 Å². The van der Waals surface area contributed by atoms with Gasteiger partial charge in [-0.2, -0.15) is 0 Å². The van der Waals surface area contributed by atoms with E-state index in [9.17, 15) is 5.11 Å². The van der Waals surface area contributed by atoms with Gasteiger partial charge >= 0.3 is 0 Å². The van der Waals surface area contributed by atoms with Crippen LogP contribution in [0.25, 0.3) is 0 Å². The highest BCUT2D eigenvalue weighted by Gasteiger charge is 2.19. The second-order valence-corrected chi connectivity index (χ2v) is 4.48. The molecule has 1 fully saturated rings. The Bertz CT molecular complexity index is 383. The summed E-state index contributed by atoms with van der Waals surface area (Å²) < 4.78 is 16.6. The van der Waals surface area contributed by atoms with E-state index < -0.39 is 6.10 Å². The van der Waals surface area contributed by atoms with Crippen molar-refractivity contribution < 1.29 is 19.3 Å². The van der Waals surface area contributed by atoms with E-state index in [-0.39, 0.29) is 6.10 Å². The van der Waals surface area contributed by atoms with Crippen molar-refractivity contribution in [1.29, 1.82) is 0 Å². The zero-order valence-corrected chi connectivity index (χ0v) is 10.9. The molecule has 0 saturated carbocycles. The number of aliphatic hydroxyl groups excluding tert-OH is 1. The predicted molar refractivity (Wildman–Crippen MR) is 68.1 cm³/mol. The van der Waals surface area contributed by atoms with Crippen LogP contribution in [-0.4, -0.2) is 31.5 Å². The van der Waals surface area contributed by atoms with Crippen LogP contribution in [0, 0.1) is 0 Å². The summed E-state index contributed by atoms with van der Waals surface area (Å²) in [5.41, 5.74) is 0.752. The highest BCUT2D eigenvalue weighted by atomic mass is 16.5. The summed E-state index contributed by atoms with van der Waals surface area (Å²) in [6.45, 7) is 3.20. The maximum atomic E-state index is 9.71. The fourth-order valence-electron chi connectivity index (χ4n) is 2.15. The summed E-state index contributed by atoms with van der Waals surface area (Å²) >= 11 is 0. The predicted octanol–water partition coefficient (Wildman–Crippen LogP) is 2.31. The fraction of sp³-hybridized carbons (Fsp3) is 0.571. The molecule has 1 N–H and O–H groups in total. The Hall–Kier alpha value is -1.26. The third-order valence-corrected chi connectivity index (χ3v) is 3.13. The molecule has 4 heteroatoms. The molecule has 0 aromatic heterocycles. The molecule has 1 aromatic carbocycles. The number of aliphatic hydroxyl groups is 1. The second-order valence-electron chi connectivity index (χ2n) is 4.48. The molecule has 1 unspecified atom stereocenters. The SMILES string of the molecule is COc1c(OC2CCOCC2)cccc1C(C)O. The van der Waals surface area contributed by atoms with Crippen molar-refractivity contribution in [3.8, 4) is 11.5 Å². The van der Waals surface area contributed by atoms with E-state index in [1.165, 1.54) is 0 Å². The van der Waals surface area contributed by atoms with Crippen LogP contribution in [0.5, 0.6) is 11.5 Å². The third kappa shape index (κ3) is 2.94. The van der Waals surface area contributed by atoms with Gasteiger partial charge in [0.15, 0.2) is 11.5 Å². The van der Waals surface area contributed by atoms with Crippen molar-refractivity contribution in [1.82, 2.24) is 0 Å². The molecule has 0 spiro atoms. The minimum Gasteiger partial charge on any atom is -0.492 e.